The highest BCUT2D eigenvalue weighted by molar-refractivity contribution is 5.75. The van der Waals surface area contributed by atoms with Crippen molar-refractivity contribution in [3.8, 4) is 5.95 Å². The molecule has 100 valence electrons. The van der Waals surface area contributed by atoms with Gasteiger partial charge in [-0.05, 0) is 19.1 Å². The second-order valence-electron chi connectivity index (χ2n) is 4.19. The number of rotatable bonds is 1. The quantitative estimate of drug-likeness (QED) is 0.617. The molecule has 20 heavy (non-hydrogen) atoms. The largest absolute Gasteiger partial charge is 0.299 e. The van der Waals surface area contributed by atoms with Crippen LogP contribution in [0.2, 0.25) is 0 Å². The van der Waals surface area contributed by atoms with Gasteiger partial charge in [0.05, 0.1) is 5.39 Å². The average molecular weight is 271 g/mol. The number of aromatic amines is 2. The SMILES string of the molecule is Cc1cc(=O)[nH]c(-n2[nH]c(=O)c3cccnc3c2=O)n1. The van der Waals surface area contributed by atoms with Crippen molar-refractivity contribution < 1.29 is 0 Å². The van der Waals surface area contributed by atoms with Crippen LogP contribution in [0.1, 0.15) is 5.69 Å². The Morgan fingerprint density at radius 3 is 2.80 bits per heavy atom. The maximum absolute atomic E-state index is 12.3. The van der Waals surface area contributed by atoms with Gasteiger partial charge >= 0.3 is 0 Å². The lowest BCUT2D eigenvalue weighted by Gasteiger charge is -2.05. The van der Waals surface area contributed by atoms with Crippen molar-refractivity contribution in [2.24, 2.45) is 0 Å². The highest BCUT2D eigenvalue weighted by atomic mass is 16.2. The molecule has 3 aromatic rings. The first-order valence-corrected chi connectivity index (χ1v) is 5.74. The zero-order chi connectivity index (χ0) is 14.3. The highest BCUT2D eigenvalue weighted by Crippen LogP contribution is 2.00. The predicted octanol–water partition coefficient (Wildman–Crippen LogP) is -0.534. The summed E-state index contributed by atoms with van der Waals surface area (Å²) in [5, 5.41) is 2.55. The monoisotopic (exact) mass is 271 g/mol. The van der Waals surface area contributed by atoms with Crippen molar-refractivity contribution in [1.29, 1.82) is 0 Å². The molecule has 0 bridgehead atoms. The zero-order valence-corrected chi connectivity index (χ0v) is 10.4. The van der Waals surface area contributed by atoms with E-state index in [0.717, 1.165) is 4.68 Å². The van der Waals surface area contributed by atoms with E-state index in [9.17, 15) is 14.4 Å². The van der Waals surface area contributed by atoms with Crippen LogP contribution < -0.4 is 16.7 Å². The number of fused-ring (bicyclic) bond motifs is 1. The van der Waals surface area contributed by atoms with Gasteiger partial charge < -0.3 is 0 Å². The van der Waals surface area contributed by atoms with E-state index in [1.54, 1.807) is 13.0 Å². The van der Waals surface area contributed by atoms with Gasteiger partial charge in [0, 0.05) is 18.0 Å². The van der Waals surface area contributed by atoms with Gasteiger partial charge in [0.1, 0.15) is 5.52 Å². The molecule has 0 fully saturated rings. The number of hydrogen-bond donors (Lipinski definition) is 2. The van der Waals surface area contributed by atoms with Crippen LogP contribution >= 0.6 is 0 Å². The van der Waals surface area contributed by atoms with Crippen LogP contribution in [0.25, 0.3) is 16.9 Å². The summed E-state index contributed by atoms with van der Waals surface area (Å²) in [6, 6.07) is 4.35. The van der Waals surface area contributed by atoms with Gasteiger partial charge in [-0.25, -0.2) is 4.98 Å². The summed E-state index contributed by atoms with van der Waals surface area (Å²) in [5.41, 5.74) is -1.02. The molecule has 0 unspecified atom stereocenters. The maximum atomic E-state index is 12.3. The van der Waals surface area contributed by atoms with Gasteiger partial charge in [-0.3, -0.25) is 29.5 Å². The van der Waals surface area contributed by atoms with Gasteiger partial charge in [0.25, 0.3) is 16.7 Å². The molecule has 2 N–H and O–H groups in total. The number of hydrogen-bond acceptors (Lipinski definition) is 5. The molecule has 0 amide bonds. The van der Waals surface area contributed by atoms with E-state index in [2.05, 4.69) is 20.1 Å². The average Bonchev–Trinajstić information content (AvgIpc) is 2.42. The molecule has 0 radical (unpaired) electrons. The molecule has 3 rings (SSSR count). The third-order valence-electron chi connectivity index (χ3n) is 2.74. The van der Waals surface area contributed by atoms with E-state index in [-0.39, 0.29) is 16.9 Å². The van der Waals surface area contributed by atoms with Crippen LogP contribution in [-0.2, 0) is 0 Å². The van der Waals surface area contributed by atoms with E-state index in [1.807, 2.05) is 0 Å². The molecular weight excluding hydrogens is 262 g/mol. The first kappa shape index (κ1) is 12.0. The van der Waals surface area contributed by atoms with Crippen molar-refractivity contribution in [2.75, 3.05) is 0 Å². The van der Waals surface area contributed by atoms with Crippen LogP contribution in [-0.4, -0.2) is 24.7 Å². The fourth-order valence-corrected chi connectivity index (χ4v) is 1.90. The van der Waals surface area contributed by atoms with Gasteiger partial charge in [-0.15, -0.1) is 0 Å². The lowest BCUT2D eigenvalue weighted by Crippen LogP contribution is -2.31. The number of aromatic nitrogens is 5. The topological polar surface area (TPSA) is 114 Å². The molecule has 0 aliphatic heterocycles. The van der Waals surface area contributed by atoms with Crippen LogP contribution in [0.4, 0.5) is 0 Å². The van der Waals surface area contributed by atoms with Crippen LogP contribution in [0.3, 0.4) is 0 Å². The predicted molar refractivity (Wildman–Crippen MR) is 71.1 cm³/mol. The van der Waals surface area contributed by atoms with Gasteiger partial charge in [0.2, 0.25) is 5.95 Å². The number of nitrogens with zero attached hydrogens (tertiary/aromatic N) is 3. The van der Waals surface area contributed by atoms with Crippen molar-refractivity contribution in [2.45, 2.75) is 6.92 Å². The molecule has 0 aliphatic carbocycles. The van der Waals surface area contributed by atoms with Crippen molar-refractivity contribution in [3.63, 3.8) is 0 Å². The summed E-state index contributed by atoms with van der Waals surface area (Å²) < 4.78 is 0.881. The lowest BCUT2D eigenvalue weighted by atomic mass is 10.3. The van der Waals surface area contributed by atoms with E-state index in [4.69, 9.17) is 0 Å². The van der Waals surface area contributed by atoms with Crippen LogP contribution in [0, 0.1) is 6.92 Å². The fourth-order valence-electron chi connectivity index (χ4n) is 1.90. The summed E-state index contributed by atoms with van der Waals surface area (Å²) in [6.07, 6.45) is 1.42. The van der Waals surface area contributed by atoms with E-state index >= 15 is 0 Å². The van der Waals surface area contributed by atoms with E-state index < -0.39 is 16.7 Å². The summed E-state index contributed by atoms with van der Waals surface area (Å²) in [6.45, 7) is 1.61. The Bertz CT molecular complexity index is 983. The number of pyridine rings is 1. The molecule has 0 atom stereocenters. The first-order chi connectivity index (χ1) is 9.56. The molecule has 0 spiro atoms. The van der Waals surface area contributed by atoms with Crippen LogP contribution in [0.15, 0.2) is 38.8 Å². The third-order valence-corrected chi connectivity index (χ3v) is 2.74. The summed E-state index contributed by atoms with van der Waals surface area (Å²) in [5.74, 6) is -0.0512. The third kappa shape index (κ3) is 1.83. The Morgan fingerprint density at radius 1 is 1.25 bits per heavy atom. The Kier molecular flexibility index (Phi) is 2.56. The first-order valence-electron chi connectivity index (χ1n) is 5.74. The minimum atomic E-state index is -0.561. The number of aryl methyl sites for hydroxylation is 1. The Balaban J connectivity index is 2.43. The minimum Gasteiger partial charge on any atom is -0.291 e. The molecule has 8 nitrogen and oxygen atoms in total. The Labute approximate surface area is 110 Å². The summed E-state index contributed by atoms with van der Waals surface area (Å²) in [7, 11) is 0. The maximum Gasteiger partial charge on any atom is 0.299 e. The second-order valence-corrected chi connectivity index (χ2v) is 4.19. The molecule has 0 aromatic carbocycles. The standard InChI is InChI=1S/C12H9N5O3/c1-6-5-8(18)15-12(14-6)17-11(20)9-7(10(19)16-17)3-2-4-13-9/h2-5H,1H3,(H,16,19)(H,14,15,18). The Hall–Kier alpha value is -3.03. The normalized spacial score (nSPS) is 10.8. The zero-order valence-electron chi connectivity index (χ0n) is 10.4. The van der Waals surface area contributed by atoms with Crippen LogP contribution in [0.5, 0.6) is 0 Å². The molecular formula is C12H9N5O3. The van der Waals surface area contributed by atoms with E-state index in [1.165, 1.54) is 18.3 Å². The van der Waals surface area contributed by atoms with Gasteiger partial charge in [-0.1, -0.05) is 0 Å². The molecule has 0 saturated carbocycles. The Morgan fingerprint density at radius 2 is 2.05 bits per heavy atom. The number of H-pyrrole nitrogens is 2. The van der Waals surface area contributed by atoms with Crippen molar-refractivity contribution in [3.05, 3.63) is 61.2 Å². The summed E-state index contributed by atoms with van der Waals surface area (Å²) >= 11 is 0. The fraction of sp³-hybridized carbons (Fsp3) is 0.0833. The van der Waals surface area contributed by atoms with E-state index in [0.29, 0.717) is 5.69 Å². The van der Waals surface area contributed by atoms with Gasteiger partial charge in [0.15, 0.2) is 0 Å². The second kappa shape index (κ2) is 4.26. The molecule has 3 aromatic heterocycles. The highest BCUT2D eigenvalue weighted by Gasteiger charge is 2.11. The van der Waals surface area contributed by atoms with Crippen molar-refractivity contribution in [1.82, 2.24) is 24.7 Å². The molecule has 8 heteroatoms. The molecule has 3 heterocycles. The van der Waals surface area contributed by atoms with Crippen molar-refractivity contribution >= 4 is 10.9 Å². The minimum absolute atomic E-state index is 0.0143. The number of nitrogens with one attached hydrogen (secondary N) is 2. The summed E-state index contributed by atoms with van der Waals surface area (Å²) in [4.78, 5) is 45.9. The molecule has 0 aliphatic rings. The molecule has 0 saturated heterocycles. The lowest BCUT2D eigenvalue weighted by molar-refractivity contribution is 0.737. The van der Waals surface area contributed by atoms with Gasteiger partial charge in [-0.2, -0.15) is 4.68 Å². The smallest absolute Gasteiger partial charge is 0.291 e.